The van der Waals surface area contributed by atoms with E-state index in [1.807, 2.05) is 0 Å². The molecule has 0 spiro atoms. The number of rotatable bonds is 3. The van der Waals surface area contributed by atoms with Gasteiger partial charge in [-0.2, -0.15) is 0 Å². The third kappa shape index (κ3) is 2.89. The molecular formula is C11H11BrO3. The van der Waals surface area contributed by atoms with E-state index < -0.39 is 11.8 Å². The predicted molar refractivity (Wildman–Crippen MR) is 59.8 cm³/mol. The van der Waals surface area contributed by atoms with Crippen LogP contribution < -0.4 is 0 Å². The van der Waals surface area contributed by atoms with Crippen LogP contribution in [0.15, 0.2) is 22.7 Å². The molecular weight excluding hydrogens is 260 g/mol. The van der Waals surface area contributed by atoms with Crippen LogP contribution in [0.2, 0.25) is 0 Å². The molecule has 1 rings (SSSR count). The largest absolute Gasteiger partial charge is 0.460 e. The van der Waals surface area contributed by atoms with Gasteiger partial charge in [-0.3, -0.25) is 4.79 Å². The van der Waals surface area contributed by atoms with Gasteiger partial charge in [0.25, 0.3) is 5.78 Å². The number of hydrogen-bond donors (Lipinski definition) is 0. The molecule has 4 heteroatoms. The number of carbonyl (C=O) groups excluding carboxylic acids is 2. The molecule has 0 radical (unpaired) electrons. The van der Waals surface area contributed by atoms with E-state index in [2.05, 4.69) is 20.7 Å². The Labute approximate surface area is 96.6 Å². The second-order valence-corrected chi connectivity index (χ2v) is 3.92. The minimum absolute atomic E-state index is 0.208. The van der Waals surface area contributed by atoms with Crippen LogP contribution in [0.1, 0.15) is 22.8 Å². The number of aryl methyl sites for hydroxylation is 1. The molecule has 80 valence electrons. The zero-order valence-corrected chi connectivity index (χ0v) is 10.1. The second kappa shape index (κ2) is 5.07. The van der Waals surface area contributed by atoms with Gasteiger partial charge in [0, 0.05) is 10.0 Å². The Hall–Kier alpha value is -1.16. The number of esters is 1. The zero-order valence-electron chi connectivity index (χ0n) is 8.54. The third-order valence-corrected chi connectivity index (χ3v) is 2.39. The lowest BCUT2D eigenvalue weighted by atomic mass is 10.1. The fourth-order valence-electron chi connectivity index (χ4n) is 1.19. The Morgan fingerprint density at radius 2 is 2.07 bits per heavy atom. The Morgan fingerprint density at radius 3 is 2.60 bits per heavy atom. The van der Waals surface area contributed by atoms with E-state index in [1.165, 1.54) is 0 Å². The zero-order chi connectivity index (χ0) is 11.4. The SMILES string of the molecule is CCOC(=O)C(=O)c1ccc(Br)cc1C. The van der Waals surface area contributed by atoms with Crippen LogP contribution in [-0.2, 0) is 9.53 Å². The van der Waals surface area contributed by atoms with Crippen LogP contribution >= 0.6 is 15.9 Å². The van der Waals surface area contributed by atoms with Crippen molar-refractivity contribution >= 4 is 27.7 Å². The molecule has 0 unspecified atom stereocenters. The molecule has 0 heterocycles. The standard InChI is InChI=1S/C11H11BrO3/c1-3-15-11(14)10(13)9-5-4-8(12)6-7(9)2/h4-6H,3H2,1-2H3. The molecule has 0 fully saturated rings. The predicted octanol–water partition coefficient (Wildman–Crippen LogP) is 2.50. The first-order valence-corrected chi connectivity index (χ1v) is 5.33. The van der Waals surface area contributed by atoms with Crippen molar-refractivity contribution in [3.05, 3.63) is 33.8 Å². The van der Waals surface area contributed by atoms with Gasteiger partial charge in [0.15, 0.2) is 0 Å². The fourth-order valence-corrected chi connectivity index (χ4v) is 1.66. The summed E-state index contributed by atoms with van der Waals surface area (Å²) in [5, 5.41) is 0. The monoisotopic (exact) mass is 270 g/mol. The Balaban J connectivity index is 2.96. The summed E-state index contributed by atoms with van der Waals surface area (Å²) in [5.74, 6) is -1.40. The highest BCUT2D eigenvalue weighted by molar-refractivity contribution is 9.10. The molecule has 0 aromatic heterocycles. The van der Waals surface area contributed by atoms with Gasteiger partial charge in [0.05, 0.1) is 6.61 Å². The lowest BCUT2D eigenvalue weighted by molar-refractivity contribution is -0.137. The molecule has 1 aromatic carbocycles. The molecule has 0 aliphatic rings. The van der Waals surface area contributed by atoms with Crippen molar-refractivity contribution in [1.82, 2.24) is 0 Å². The number of halogens is 1. The van der Waals surface area contributed by atoms with Gasteiger partial charge >= 0.3 is 5.97 Å². The van der Waals surface area contributed by atoms with E-state index in [-0.39, 0.29) is 6.61 Å². The number of Topliss-reactive ketones (excluding diaryl/α,β-unsaturated/α-hetero) is 1. The van der Waals surface area contributed by atoms with Crippen LogP contribution in [0.3, 0.4) is 0 Å². The highest BCUT2D eigenvalue weighted by atomic mass is 79.9. The first kappa shape index (κ1) is 11.9. The Bertz CT molecular complexity index is 399. The summed E-state index contributed by atoms with van der Waals surface area (Å²) >= 11 is 3.29. The smallest absolute Gasteiger partial charge is 0.379 e. The minimum atomic E-state index is -0.803. The summed E-state index contributed by atoms with van der Waals surface area (Å²) in [4.78, 5) is 22.8. The first-order valence-electron chi connectivity index (χ1n) is 4.54. The highest BCUT2D eigenvalue weighted by Gasteiger charge is 2.19. The number of carbonyl (C=O) groups is 2. The van der Waals surface area contributed by atoms with Crippen LogP contribution in [0.25, 0.3) is 0 Å². The number of benzene rings is 1. The van der Waals surface area contributed by atoms with Gasteiger partial charge in [-0.05, 0) is 37.6 Å². The van der Waals surface area contributed by atoms with Crippen LogP contribution in [-0.4, -0.2) is 18.4 Å². The van der Waals surface area contributed by atoms with Crippen molar-refractivity contribution in [3.8, 4) is 0 Å². The van der Waals surface area contributed by atoms with Gasteiger partial charge in [-0.1, -0.05) is 15.9 Å². The Kier molecular flexibility index (Phi) is 4.03. The van der Waals surface area contributed by atoms with E-state index in [1.54, 1.807) is 32.0 Å². The summed E-state index contributed by atoms with van der Waals surface area (Å²) in [6.07, 6.45) is 0. The molecule has 0 N–H and O–H groups in total. The molecule has 0 saturated heterocycles. The van der Waals surface area contributed by atoms with E-state index in [0.717, 1.165) is 10.0 Å². The van der Waals surface area contributed by atoms with Gasteiger partial charge in [0.2, 0.25) is 0 Å². The van der Waals surface area contributed by atoms with Gasteiger partial charge < -0.3 is 4.74 Å². The molecule has 1 aromatic rings. The average molecular weight is 271 g/mol. The topological polar surface area (TPSA) is 43.4 Å². The molecule has 0 atom stereocenters. The van der Waals surface area contributed by atoms with Crippen molar-refractivity contribution in [1.29, 1.82) is 0 Å². The Morgan fingerprint density at radius 1 is 1.40 bits per heavy atom. The van der Waals surface area contributed by atoms with E-state index in [4.69, 9.17) is 0 Å². The normalized spacial score (nSPS) is 9.80. The van der Waals surface area contributed by atoms with Crippen LogP contribution in [0, 0.1) is 6.92 Å². The van der Waals surface area contributed by atoms with Crippen molar-refractivity contribution < 1.29 is 14.3 Å². The van der Waals surface area contributed by atoms with E-state index >= 15 is 0 Å². The molecule has 3 nitrogen and oxygen atoms in total. The summed E-state index contributed by atoms with van der Waals surface area (Å²) in [6, 6.07) is 5.12. The van der Waals surface area contributed by atoms with E-state index in [9.17, 15) is 9.59 Å². The molecule has 0 amide bonds. The van der Waals surface area contributed by atoms with Crippen molar-refractivity contribution in [2.24, 2.45) is 0 Å². The van der Waals surface area contributed by atoms with Crippen molar-refractivity contribution in [2.75, 3.05) is 6.61 Å². The van der Waals surface area contributed by atoms with Crippen LogP contribution in [0.4, 0.5) is 0 Å². The first-order chi connectivity index (χ1) is 7.06. The lowest BCUT2D eigenvalue weighted by Crippen LogP contribution is -2.18. The molecule has 15 heavy (non-hydrogen) atoms. The maximum absolute atomic E-state index is 11.6. The van der Waals surface area contributed by atoms with Gasteiger partial charge in [-0.25, -0.2) is 4.79 Å². The molecule has 0 aliphatic carbocycles. The van der Waals surface area contributed by atoms with Crippen LogP contribution in [0.5, 0.6) is 0 Å². The maximum Gasteiger partial charge on any atom is 0.379 e. The van der Waals surface area contributed by atoms with Gasteiger partial charge in [-0.15, -0.1) is 0 Å². The fraction of sp³-hybridized carbons (Fsp3) is 0.273. The number of hydrogen-bond acceptors (Lipinski definition) is 3. The lowest BCUT2D eigenvalue weighted by Gasteiger charge is -2.04. The second-order valence-electron chi connectivity index (χ2n) is 3.01. The summed E-state index contributed by atoms with van der Waals surface area (Å²) < 4.78 is 5.52. The minimum Gasteiger partial charge on any atom is -0.460 e. The summed E-state index contributed by atoms with van der Waals surface area (Å²) in [7, 11) is 0. The quantitative estimate of drug-likeness (QED) is 0.482. The van der Waals surface area contributed by atoms with Gasteiger partial charge in [0.1, 0.15) is 0 Å². The van der Waals surface area contributed by atoms with E-state index in [0.29, 0.717) is 5.56 Å². The maximum atomic E-state index is 11.6. The summed E-state index contributed by atoms with van der Waals surface area (Å²) in [6.45, 7) is 3.65. The highest BCUT2D eigenvalue weighted by Crippen LogP contribution is 2.16. The molecule has 0 bridgehead atoms. The molecule has 0 aliphatic heterocycles. The van der Waals surface area contributed by atoms with Crippen molar-refractivity contribution in [3.63, 3.8) is 0 Å². The summed E-state index contributed by atoms with van der Waals surface area (Å²) in [5.41, 5.74) is 1.14. The van der Waals surface area contributed by atoms with Crippen molar-refractivity contribution in [2.45, 2.75) is 13.8 Å². The average Bonchev–Trinajstić information content (AvgIpc) is 2.17. The third-order valence-electron chi connectivity index (χ3n) is 1.89. The number of ether oxygens (including phenoxy) is 1. The molecule has 0 saturated carbocycles. The number of ketones is 1.